The zero-order valence-electron chi connectivity index (χ0n) is 11.1. The van der Waals surface area contributed by atoms with E-state index in [1.807, 2.05) is 33.0 Å². The molecular weight excluding hydrogens is 248 g/mol. The van der Waals surface area contributed by atoms with Gasteiger partial charge in [0.2, 0.25) is 0 Å². The van der Waals surface area contributed by atoms with Crippen molar-refractivity contribution in [1.29, 1.82) is 0 Å². The van der Waals surface area contributed by atoms with E-state index >= 15 is 0 Å². The molecule has 18 heavy (non-hydrogen) atoms. The average molecular weight is 265 g/mol. The highest BCUT2D eigenvalue weighted by Gasteiger charge is 2.12. The molecular formula is C14H17ClN2O. The third-order valence-electron chi connectivity index (χ3n) is 2.97. The lowest BCUT2D eigenvalue weighted by Crippen LogP contribution is -1.98. The summed E-state index contributed by atoms with van der Waals surface area (Å²) in [7, 11) is 1.83. The third-order valence-corrected chi connectivity index (χ3v) is 3.45. The van der Waals surface area contributed by atoms with Crippen LogP contribution in [0.1, 0.15) is 22.4 Å². The van der Waals surface area contributed by atoms with E-state index in [-0.39, 0.29) is 0 Å². The van der Waals surface area contributed by atoms with Gasteiger partial charge in [-0.15, -0.1) is 0 Å². The average Bonchev–Trinajstić information content (AvgIpc) is 2.53. The SMILES string of the molecule is Cc1ccc(OCc2c(C)nn(C)c2Cl)c(C)c1. The molecule has 0 aliphatic carbocycles. The van der Waals surface area contributed by atoms with E-state index in [2.05, 4.69) is 18.1 Å². The minimum Gasteiger partial charge on any atom is -0.488 e. The van der Waals surface area contributed by atoms with Crippen molar-refractivity contribution in [3.63, 3.8) is 0 Å². The van der Waals surface area contributed by atoms with E-state index in [4.69, 9.17) is 16.3 Å². The molecule has 0 atom stereocenters. The summed E-state index contributed by atoms with van der Waals surface area (Å²) in [5, 5.41) is 4.90. The number of benzene rings is 1. The van der Waals surface area contributed by atoms with Gasteiger partial charge < -0.3 is 4.74 Å². The fraction of sp³-hybridized carbons (Fsp3) is 0.357. The summed E-state index contributed by atoms with van der Waals surface area (Å²) in [6.07, 6.45) is 0. The van der Waals surface area contributed by atoms with Gasteiger partial charge in [0.25, 0.3) is 0 Å². The maximum Gasteiger partial charge on any atom is 0.133 e. The Labute approximate surface area is 112 Å². The molecule has 0 saturated carbocycles. The standard InChI is InChI=1S/C14H17ClN2O/c1-9-5-6-13(10(2)7-9)18-8-12-11(3)16-17(4)14(12)15/h5-7H,8H2,1-4H3. The molecule has 0 unspecified atom stereocenters. The number of rotatable bonds is 3. The topological polar surface area (TPSA) is 27.1 Å². The molecule has 0 fully saturated rings. The lowest BCUT2D eigenvalue weighted by molar-refractivity contribution is 0.303. The molecule has 2 rings (SSSR count). The van der Waals surface area contributed by atoms with Gasteiger partial charge in [-0.2, -0.15) is 5.10 Å². The number of halogens is 1. The van der Waals surface area contributed by atoms with Crippen LogP contribution >= 0.6 is 11.6 Å². The van der Waals surface area contributed by atoms with Gasteiger partial charge in [-0.3, -0.25) is 4.68 Å². The van der Waals surface area contributed by atoms with E-state index in [1.165, 1.54) is 5.56 Å². The molecule has 0 bridgehead atoms. The molecule has 1 aromatic heterocycles. The van der Waals surface area contributed by atoms with E-state index in [0.717, 1.165) is 22.6 Å². The molecule has 0 amide bonds. The van der Waals surface area contributed by atoms with Crippen molar-refractivity contribution in [3.8, 4) is 5.75 Å². The molecule has 0 spiro atoms. The van der Waals surface area contributed by atoms with Crippen LogP contribution in [-0.2, 0) is 13.7 Å². The van der Waals surface area contributed by atoms with Gasteiger partial charge in [-0.1, -0.05) is 29.3 Å². The Morgan fingerprint density at radius 3 is 2.56 bits per heavy atom. The highest BCUT2D eigenvalue weighted by molar-refractivity contribution is 6.30. The minimum absolute atomic E-state index is 0.447. The Morgan fingerprint density at radius 1 is 1.28 bits per heavy atom. The second-order valence-electron chi connectivity index (χ2n) is 4.54. The van der Waals surface area contributed by atoms with Crippen LogP contribution in [0.25, 0.3) is 0 Å². The maximum absolute atomic E-state index is 6.17. The summed E-state index contributed by atoms with van der Waals surface area (Å²) in [5.74, 6) is 0.889. The molecule has 3 nitrogen and oxygen atoms in total. The summed E-state index contributed by atoms with van der Waals surface area (Å²) in [6.45, 7) is 6.49. The van der Waals surface area contributed by atoms with Gasteiger partial charge in [0.15, 0.2) is 0 Å². The van der Waals surface area contributed by atoms with Crippen molar-refractivity contribution >= 4 is 11.6 Å². The molecule has 96 valence electrons. The Balaban J connectivity index is 2.16. The van der Waals surface area contributed by atoms with Crippen molar-refractivity contribution in [2.24, 2.45) is 7.05 Å². The number of aryl methyl sites for hydroxylation is 4. The van der Waals surface area contributed by atoms with Crippen molar-refractivity contribution in [2.45, 2.75) is 27.4 Å². The summed E-state index contributed by atoms with van der Waals surface area (Å²) in [4.78, 5) is 0. The summed E-state index contributed by atoms with van der Waals surface area (Å²) >= 11 is 6.17. The second kappa shape index (κ2) is 5.02. The number of hydrogen-bond acceptors (Lipinski definition) is 2. The summed E-state index contributed by atoms with van der Waals surface area (Å²) in [6, 6.07) is 6.14. The highest BCUT2D eigenvalue weighted by atomic mass is 35.5. The second-order valence-corrected chi connectivity index (χ2v) is 4.89. The van der Waals surface area contributed by atoms with Crippen LogP contribution < -0.4 is 4.74 Å². The van der Waals surface area contributed by atoms with Crippen LogP contribution in [0, 0.1) is 20.8 Å². The molecule has 2 aromatic rings. The quantitative estimate of drug-likeness (QED) is 0.847. The number of ether oxygens (including phenoxy) is 1. The maximum atomic E-state index is 6.17. The van der Waals surface area contributed by atoms with Crippen LogP contribution in [0.4, 0.5) is 0 Å². The predicted molar refractivity (Wildman–Crippen MR) is 73.2 cm³/mol. The number of nitrogens with zero attached hydrogens (tertiary/aromatic N) is 2. The molecule has 0 aliphatic heterocycles. The van der Waals surface area contributed by atoms with Crippen molar-refractivity contribution in [3.05, 3.63) is 45.7 Å². The normalized spacial score (nSPS) is 10.7. The number of aromatic nitrogens is 2. The Hall–Kier alpha value is -1.48. The van der Waals surface area contributed by atoms with Gasteiger partial charge in [-0.05, 0) is 32.4 Å². The van der Waals surface area contributed by atoms with E-state index in [9.17, 15) is 0 Å². The molecule has 0 N–H and O–H groups in total. The first-order valence-corrected chi connectivity index (χ1v) is 6.25. The first-order chi connectivity index (χ1) is 8.49. The fourth-order valence-corrected chi connectivity index (χ4v) is 2.18. The molecule has 1 aromatic carbocycles. The monoisotopic (exact) mass is 264 g/mol. The van der Waals surface area contributed by atoms with Gasteiger partial charge in [0.1, 0.15) is 17.5 Å². The van der Waals surface area contributed by atoms with Crippen LogP contribution in [0.3, 0.4) is 0 Å². The van der Waals surface area contributed by atoms with Gasteiger partial charge in [0.05, 0.1) is 5.69 Å². The van der Waals surface area contributed by atoms with Crippen molar-refractivity contribution in [1.82, 2.24) is 9.78 Å². The molecule has 0 radical (unpaired) electrons. The van der Waals surface area contributed by atoms with Gasteiger partial charge >= 0.3 is 0 Å². The van der Waals surface area contributed by atoms with Gasteiger partial charge in [0, 0.05) is 12.6 Å². The highest BCUT2D eigenvalue weighted by Crippen LogP contribution is 2.23. The van der Waals surface area contributed by atoms with Crippen LogP contribution in [-0.4, -0.2) is 9.78 Å². The fourth-order valence-electron chi connectivity index (χ4n) is 1.95. The third kappa shape index (κ3) is 2.51. The summed E-state index contributed by atoms with van der Waals surface area (Å²) in [5.41, 5.74) is 4.22. The zero-order chi connectivity index (χ0) is 13.3. The molecule has 0 saturated heterocycles. The molecule has 4 heteroatoms. The Kier molecular flexibility index (Phi) is 3.62. The predicted octanol–water partition coefficient (Wildman–Crippen LogP) is 3.58. The lowest BCUT2D eigenvalue weighted by Gasteiger charge is -2.09. The lowest BCUT2D eigenvalue weighted by atomic mass is 10.1. The number of hydrogen-bond donors (Lipinski definition) is 0. The van der Waals surface area contributed by atoms with E-state index < -0.39 is 0 Å². The largest absolute Gasteiger partial charge is 0.488 e. The van der Waals surface area contributed by atoms with E-state index in [0.29, 0.717) is 11.8 Å². The smallest absolute Gasteiger partial charge is 0.133 e. The molecule has 0 aliphatic rings. The Bertz CT molecular complexity index is 575. The first-order valence-electron chi connectivity index (χ1n) is 5.87. The van der Waals surface area contributed by atoms with E-state index in [1.54, 1.807) is 4.68 Å². The van der Waals surface area contributed by atoms with Gasteiger partial charge in [-0.25, -0.2) is 0 Å². The van der Waals surface area contributed by atoms with Crippen LogP contribution in [0.15, 0.2) is 18.2 Å². The van der Waals surface area contributed by atoms with Crippen molar-refractivity contribution in [2.75, 3.05) is 0 Å². The summed E-state index contributed by atoms with van der Waals surface area (Å²) < 4.78 is 7.48. The van der Waals surface area contributed by atoms with Crippen molar-refractivity contribution < 1.29 is 4.74 Å². The van der Waals surface area contributed by atoms with Crippen LogP contribution in [0.2, 0.25) is 5.15 Å². The van der Waals surface area contributed by atoms with Crippen LogP contribution in [0.5, 0.6) is 5.75 Å². The minimum atomic E-state index is 0.447. The molecule has 1 heterocycles. The zero-order valence-corrected chi connectivity index (χ0v) is 11.9. The Morgan fingerprint density at radius 2 is 2.00 bits per heavy atom. The first kappa shape index (κ1) is 13.0.